The van der Waals surface area contributed by atoms with Gasteiger partial charge in [0, 0.05) is 67.1 Å². The van der Waals surface area contributed by atoms with Gasteiger partial charge in [0.05, 0.1) is 4.91 Å². The van der Waals surface area contributed by atoms with Crippen LogP contribution in [0.1, 0.15) is 64.5 Å². The molecule has 200 valence electrons. The van der Waals surface area contributed by atoms with Gasteiger partial charge in [0.2, 0.25) is 5.79 Å². The van der Waals surface area contributed by atoms with Crippen LogP contribution in [0.5, 0.6) is 5.75 Å². The fourth-order valence-electron chi connectivity index (χ4n) is 4.56. The minimum absolute atomic E-state index is 0.535. The van der Waals surface area contributed by atoms with Gasteiger partial charge in [-0.15, -0.1) is 23.2 Å². The maximum absolute atomic E-state index is 6.29. The number of benzene rings is 1. The van der Waals surface area contributed by atoms with Gasteiger partial charge in [-0.1, -0.05) is 11.8 Å². The number of thioether (sulfide) groups is 1. The molecule has 0 unspecified atom stereocenters. The zero-order valence-corrected chi connectivity index (χ0v) is 24.1. The van der Waals surface area contributed by atoms with Crippen molar-refractivity contribution in [3.05, 3.63) is 57.0 Å². The highest BCUT2D eigenvalue weighted by molar-refractivity contribution is 8.07. The molecule has 0 N–H and O–H groups in total. The Hall–Kier alpha value is -0.990. The molecule has 1 aromatic carbocycles. The van der Waals surface area contributed by atoms with Crippen molar-refractivity contribution in [1.29, 1.82) is 0 Å². The average molecular weight is 558 g/mol. The average Bonchev–Trinajstić information content (AvgIpc) is 2.89. The minimum Gasteiger partial charge on any atom is -0.456 e. The van der Waals surface area contributed by atoms with E-state index in [-0.39, 0.29) is 0 Å². The van der Waals surface area contributed by atoms with Crippen molar-refractivity contribution in [2.24, 2.45) is 0 Å². The number of hydrogen-bond acceptors (Lipinski definition) is 6. The van der Waals surface area contributed by atoms with Crippen LogP contribution in [0.15, 0.2) is 45.9 Å². The van der Waals surface area contributed by atoms with Crippen molar-refractivity contribution in [2.45, 2.75) is 65.0 Å². The van der Waals surface area contributed by atoms with Crippen LogP contribution >= 0.6 is 35.0 Å². The second kappa shape index (κ2) is 14.2. The highest BCUT2D eigenvalue weighted by Gasteiger charge is 2.39. The molecular formula is C28H38Cl2O5S. The summed E-state index contributed by atoms with van der Waals surface area (Å²) in [6.45, 7) is 10.1. The van der Waals surface area contributed by atoms with Gasteiger partial charge in [0.25, 0.3) is 0 Å². The third-order valence-electron chi connectivity index (χ3n) is 5.97. The first-order chi connectivity index (χ1) is 17.5. The first-order valence-corrected chi connectivity index (χ1v) is 14.7. The Kier molecular flexibility index (Phi) is 11.7. The van der Waals surface area contributed by atoms with Crippen LogP contribution < -0.4 is 4.74 Å². The summed E-state index contributed by atoms with van der Waals surface area (Å²) in [6, 6.07) is 6.11. The molecule has 2 heterocycles. The van der Waals surface area contributed by atoms with Gasteiger partial charge in [-0.25, -0.2) is 0 Å². The van der Waals surface area contributed by atoms with Crippen molar-refractivity contribution in [1.82, 2.24) is 0 Å². The quantitative estimate of drug-likeness (QED) is 0.152. The van der Waals surface area contributed by atoms with Crippen molar-refractivity contribution in [3.8, 4) is 5.75 Å². The van der Waals surface area contributed by atoms with Gasteiger partial charge in [-0.3, -0.25) is 0 Å². The zero-order valence-electron chi connectivity index (χ0n) is 21.7. The molecule has 0 radical (unpaired) electrons. The molecule has 3 rings (SSSR count). The highest BCUT2D eigenvalue weighted by Crippen LogP contribution is 2.48. The molecule has 5 nitrogen and oxygen atoms in total. The van der Waals surface area contributed by atoms with E-state index in [0.717, 1.165) is 45.3 Å². The van der Waals surface area contributed by atoms with E-state index in [1.54, 1.807) is 11.8 Å². The van der Waals surface area contributed by atoms with E-state index in [1.807, 2.05) is 52.0 Å². The molecule has 0 aliphatic carbocycles. The maximum Gasteiger partial charge on any atom is 0.201 e. The standard InChI is InChI=1S/C28H38Cl2O5S/c1-5-31-27(32-6-2,15-9-17-29)22-11-12-23-21(19-22)20-25-24(35-23)13-14-26(36-25)28(33-7-3,34-8-4)16-10-18-30/h11-14,19-20H,5-10,15-18H2,1-4H3. The molecule has 2 aliphatic rings. The SMILES string of the molecule is CCOC(CCCCl)(OCC)C1=CC=C2Oc3ccc(C(CCCCl)(OCC)OCC)cc3C=C2S1. The first-order valence-electron chi connectivity index (χ1n) is 12.8. The van der Waals surface area contributed by atoms with Gasteiger partial charge < -0.3 is 23.7 Å². The number of rotatable bonds is 16. The van der Waals surface area contributed by atoms with Crippen LogP contribution in [0.3, 0.4) is 0 Å². The number of ether oxygens (including phenoxy) is 5. The number of fused-ring (bicyclic) bond motifs is 2. The molecule has 0 bridgehead atoms. The number of halogens is 2. The lowest BCUT2D eigenvalue weighted by atomic mass is 9.97. The van der Waals surface area contributed by atoms with E-state index in [1.165, 1.54) is 0 Å². The number of allylic oxidation sites excluding steroid dienone is 2. The predicted octanol–water partition coefficient (Wildman–Crippen LogP) is 7.97. The monoisotopic (exact) mass is 556 g/mol. The molecule has 0 spiro atoms. The normalized spacial score (nSPS) is 15.4. The molecule has 1 aromatic rings. The molecule has 0 amide bonds. The molecule has 0 saturated heterocycles. The summed E-state index contributed by atoms with van der Waals surface area (Å²) in [7, 11) is 0. The molecule has 36 heavy (non-hydrogen) atoms. The summed E-state index contributed by atoms with van der Waals surface area (Å²) >= 11 is 13.7. The number of alkyl halides is 2. The van der Waals surface area contributed by atoms with Crippen molar-refractivity contribution in [2.75, 3.05) is 38.2 Å². The topological polar surface area (TPSA) is 46.2 Å². The highest BCUT2D eigenvalue weighted by atomic mass is 35.5. The predicted molar refractivity (Wildman–Crippen MR) is 150 cm³/mol. The largest absolute Gasteiger partial charge is 0.456 e. The summed E-state index contributed by atoms with van der Waals surface area (Å²) in [4.78, 5) is 2.00. The summed E-state index contributed by atoms with van der Waals surface area (Å²) in [5.41, 5.74) is 1.93. The third-order valence-corrected chi connectivity index (χ3v) is 7.71. The maximum atomic E-state index is 6.29. The van der Waals surface area contributed by atoms with Gasteiger partial charge in [0.15, 0.2) is 5.79 Å². The lowest BCUT2D eigenvalue weighted by Crippen LogP contribution is -2.38. The van der Waals surface area contributed by atoms with Crippen molar-refractivity contribution < 1.29 is 23.7 Å². The lowest BCUT2D eigenvalue weighted by Gasteiger charge is -2.37. The van der Waals surface area contributed by atoms with E-state index in [4.69, 9.17) is 46.9 Å². The van der Waals surface area contributed by atoms with Gasteiger partial charge >= 0.3 is 0 Å². The molecular weight excluding hydrogens is 519 g/mol. The molecule has 2 aliphatic heterocycles. The first kappa shape index (κ1) is 29.6. The number of hydrogen-bond donors (Lipinski definition) is 0. The Balaban J connectivity index is 1.97. The van der Waals surface area contributed by atoms with E-state index in [0.29, 0.717) is 51.0 Å². The molecule has 0 fully saturated rings. The van der Waals surface area contributed by atoms with Crippen molar-refractivity contribution in [3.63, 3.8) is 0 Å². The van der Waals surface area contributed by atoms with Gasteiger partial charge in [0.1, 0.15) is 11.5 Å². The van der Waals surface area contributed by atoms with E-state index in [2.05, 4.69) is 12.1 Å². The van der Waals surface area contributed by atoms with Crippen LogP contribution in [-0.2, 0) is 24.7 Å². The third kappa shape index (κ3) is 6.71. The van der Waals surface area contributed by atoms with Crippen LogP contribution in [0.4, 0.5) is 0 Å². The second-order valence-electron chi connectivity index (χ2n) is 8.35. The molecule has 0 saturated carbocycles. The Labute approximate surface area is 230 Å². The summed E-state index contributed by atoms with van der Waals surface area (Å²) in [5.74, 6) is 1.04. The summed E-state index contributed by atoms with van der Waals surface area (Å²) in [5, 5.41) is 0. The Bertz CT molecular complexity index is 947. The lowest BCUT2D eigenvalue weighted by molar-refractivity contribution is -0.246. The van der Waals surface area contributed by atoms with Crippen LogP contribution in [0.2, 0.25) is 0 Å². The molecule has 0 atom stereocenters. The van der Waals surface area contributed by atoms with Gasteiger partial charge in [-0.2, -0.15) is 0 Å². The Morgan fingerprint density at radius 3 is 1.97 bits per heavy atom. The van der Waals surface area contributed by atoms with Gasteiger partial charge in [-0.05, 0) is 77.0 Å². The summed E-state index contributed by atoms with van der Waals surface area (Å²) < 4.78 is 31.1. The fraction of sp³-hybridized carbons (Fsp3) is 0.571. The summed E-state index contributed by atoms with van der Waals surface area (Å²) in [6.07, 6.45) is 9.11. The Morgan fingerprint density at radius 2 is 1.39 bits per heavy atom. The Morgan fingerprint density at radius 1 is 0.806 bits per heavy atom. The minimum atomic E-state index is -0.840. The smallest absolute Gasteiger partial charge is 0.201 e. The van der Waals surface area contributed by atoms with E-state index >= 15 is 0 Å². The van der Waals surface area contributed by atoms with Crippen LogP contribution in [0.25, 0.3) is 6.08 Å². The van der Waals surface area contributed by atoms with Crippen molar-refractivity contribution >= 4 is 41.0 Å². The van der Waals surface area contributed by atoms with Crippen LogP contribution in [0, 0.1) is 0 Å². The van der Waals surface area contributed by atoms with E-state index in [9.17, 15) is 0 Å². The molecule has 0 aromatic heterocycles. The molecule has 8 heteroatoms. The second-order valence-corrected chi connectivity index (χ2v) is 10.2. The zero-order chi connectivity index (χ0) is 26.0. The van der Waals surface area contributed by atoms with E-state index < -0.39 is 11.6 Å². The van der Waals surface area contributed by atoms with Crippen LogP contribution in [-0.4, -0.2) is 44.0 Å². The fourth-order valence-corrected chi connectivity index (χ4v) is 5.97.